The molecule has 0 aliphatic heterocycles. The minimum atomic E-state index is -3.68. The Kier molecular flexibility index (Phi) is 4.53. The van der Waals surface area contributed by atoms with Gasteiger partial charge in [0.15, 0.2) is 0 Å². The van der Waals surface area contributed by atoms with Crippen LogP contribution in [0, 0.1) is 0 Å². The van der Waals surface area contributed by atoms with Crippen molar-refractivity contribution in [3.63, 3.8) is 0 Å². The summed E-state index contributed by atoms with van der Waals surface area (Å²) in [6.45, 7) is 0. The third-order valence-corrected chi connectivity index (χ3v) is 4.98. The summed E-state index contributed by atoms with van der Waals surface area (Å²) in [6.07, 6.45) is 0.751. The number of rotatable bonds is 5. The zero-order valence-corrected chi connectivity index (χ0v) is 13.7. The van der Waals surface area contributed by atoms with Gasteiger partial charge < -0.3 is 5.11 Å². The van der Waals surface area contributed by atoms with E-state index in [0.29, 0.717) is 5.69 Å². The standard InChI is InChI=1S/C19H17NO3S/c21-18-8-4-7-17(14-18)20-24(22,23)19-11-9-16(10-12-19)13-15-5-2-1-3-6-15/h1-12,14,20-21H,13H2. The van der Waals surface area contributed by atoms with Gasteiger partial charge in [0.05, 0.1) is 10.6 Å². The lowest BCUT2D eigenvalue weighted by molar-refractivity contribution is 0.475. The van der Waals surface area contributed by atoms with Crippen LogP contribution >= 0.6 is 0 Å². The fourth-order valence-corrected chi connectivity index (χ4v) is 3.45. The van der Waals surface area contributed by atoms with Gasteiger partial charge in [-0.1, -0.05) is 48.5 Å². The number of anilines is 1. The molecule has 0 amide bonds. The number of aromatic hydroxyl groups is 1. The SMILES string of the molecule is O=S(=O)(Nc1cccc(O)c1)c1ccc(Cc2ccccc2)cc1. The van der Waals surface area contributed by atoms with Crippen molar-refractivity contribution in [1.82, 2.24) is 0 Å². The lowest BCUT2D eigenvalue weighted by atomic mass is 10.1. The number of benzene rings is 3. The number of sulfonamides is 1. The third kappa shape index (κ3) is 3.94. The predicted molar refractivity (Wildman–Crippen MR) is 94.6 cm³/mol. The smallest absolute Gasteiger partial charge is 0.261 e. The molecule has 0 atom stereocenters. The number of phenols is 1. The summed E-state index contributed by atoms with van der Waals surface area (Å²) in [5.41, 5.74) is 2.53. The van der Waals surface area contributed by atoms with E-state index in [0.717, 1.165) is 12.0 Å². The van der Waals surface area contributed by atoms with Crippen molar-refractivity contribution < 1.29 is 13.5 Å². The van der Waals surface area contributed by atoms with E-state index in [1.54, 1.807) is 24.3 Å². The van der Waals surface area contributed by atoms with Gasteiger partial charge in [0, 0.05) is 6.07 Å². The van der Waals surface area contributed by atoms with Crippen LogP contribution in [0.4, 0.5) is 5.69 Å². The molecule has 0 aromatic heterocycles. The van der Waals surface area contributed by atoms with Gasteiger partial charge in [-0.05, 0) is 41.8 Å². The number of phenolic OH excluding ortho intramolecular Hbond substituents is 1. The van der Waals surface area contributed by atoms with Crippen molar-refractivity contribution in [3.05, 3.63) is 90.0 Å². The van der Waals surface area contributed by atoms with Crippen LogP contribution in [0.25, 0.3) is 0 Å². The van der Waals surface area contributed by atoms with E-state index in [2.05, 4.69) is 4.72 Å². The van der Waals surface area contributed by atoms with Crippen molar-refractivity contribution >= 4 is 15.7 Å². The van der Waals surface area contributed by atoms with E-state index >= 15 is 0 Å². The molecule has 3 aromatic rings. The Morgan fingerprint density at radius 2 is 1.46 bits per heavy atom. The molecule has 0 saturated carbocycles. The van der Waals surface area contributed by atoms with Gasteiger partial charge >= 0.3 is 0 Å². The highest BCUT2D eigenvalue weighted by atomic mass is 32.2. The Hall–Kier alpha value is -2.79. The van der Waals surface area contributed by atoms with Crippen molar-refractivity contribution in [1.29, 1.82) is 0 Å². The fourth-order valence-electron chi connectivity index (χ4n) is 2.40. The third-order valence-electron chi connectivity index (χ3n) is 3.58. The molecule has 122 valence electrons. The van der Waals surface area contributed by atoms with Crippen LogP contribution in [0.3, 0.4) is 0 Å². The average molecular weight is 339 g/mol. The topological polar surface area (TPSA) is 66.4 Å². The van der Waals surface area contributed by atoms with Gasteiger partial charge in [0.25, 0.3) is 10.0 Å². The van der Waals surface area contributed by atoms with Gasteiger partial charge in [-0.3, -0.25) is 4.72 Å². The van der Waals surface area contributed by atoms with Crippen molar-refractivity contribution in [2.45, 2.75) is 11.3 Å². The van der Waals surface area contributed by atoms with Crippen molar-refractivity contribution in [2.24, 2.45) is 0 Å². The molecule has 3 rings (SSSR count). The van der Waals surface area contributed by atoms with Crippen molar-refractivity contribution in [3.8, 4) is 5.75 Å². The fraction of sp³-hybridized carbons (Fsp3) is 0.0526. The molecule has 0 aliphatic carbocycles. The molecule has 5 heteroatoms. The van der Waals surface area contributed by atoms with Gasteiger partial charge in [-0.25, -0.2) is 8.42 Å². The summed E-state index contributed by atoms with van der Waals surface area (Å²) < 4.78 is 27.2. The summed E-state index contributed by atoms with van der Waals surface area (Å²) in [6, 6.07) is 22.8. The van der Waals surface area contributed by atoms with E-state index in [-0.39, 0.29) is 10.6 Å². The Bertz CT molecular complexity index is 920. The van der Waals surface area contributed by atoms with Crippen LogP contribution in [0.15, 0.2) is 83.8 Å². The summed E-state index contributed by atoms with van der Waals surface area (Å²) in [5.74, 6) is 0.00779. The molecule has 3 aromatic carbocycles. The molecular formula is C19H17NO3S. The number of hydrogen-bond donors (Lipinski definition) is 2. The van der Waals surface area contributed by atoms with Crippen LogP contribution in [0.2, 0.25) is 0 Å². The van der Waals surface area contributed by atoms with Crippen LogP contribution in [0.1, 0.15) is 11.1 Å². The quantitative estimate of drug-likeness (QED) is 0.743. The van der Waals surface area contributed by atoms with E-state index in [1.807, 2.05) is 42.5 Å². The van der Waals surface area contributed by atoms with E-state index in [4.69, 9.17) is 0 Å². The minimum Gasteiger partial charge on any atom is -0.508 e. The van der Waals surface area contributed by atoms with Crippen LogP contribution in [-0.4, -0.2) is 13.5 Å². The average Bonchev–Trinajstić information content (AvgIpc) is 2.56. The molecule has 0 unspecified atom stereocenters. The molecule has 0 aliphatic rings. The highest BCUT2D eigenvalue weighted by Gasteiger charge is 2.14. The second kappa shape index (κ2) is 6.76. The highest BCUT2D eigenvalue weighted by Crippen LogP contribution is 2.20. The van der Waals surface area contributed by atoms with Crippen LogP contribution < -0.4 is 4.72 Å². The maximum absolute atomic E-state index is 12.4. The monoisotopic (exact) mass is 339 g/mol. The largest absolute Gasteiger partial charge is 0.508 e. The zero-order valence-electron chi connectivity index (χ0n) is 12.9. The van der Waals surface area contributed by atoms with E-state index < -0.39 is 10.0 Å². The van der Waals surface area contributed by atoms with Gasteiger partial charge in [0.1, 0.15) is 5.75 Å². The van der Waals surface area contributed by atoms with Gasteiger partial charge in [0.2, 0.25) is 0 Å². The molecule has 2 N–H and O–H groups in total. The first-order valence-corrected chi connectivity index (χ1v) is 8.96. The van der Waals surface area contributed by atoms with E-state index in [9.17, 15) is 13.5 Å². The highest BCUT2D eigenvalue weighted by molar-refractivity contribution is 7.92. The molecule has 0 bridgehead atoms. The molecule has 0 fully saturated rings. The Morgan fingerprint density at radius 3 is 2.12 bits per heavy atom. The first-order chi connectivity index (χ1) is 11.5. The second-order valence-electron chi connectivity index (χ2n) is 5.46. The van der Waals surface area contributed by atoms with Gasteiger partial charge in [-0.2, -0.15) is 0 Å². The first kappa shape index (κ1) is 16.1. The Balaban J connectivity index is 1.77. The van der Waals surface area contributed by atoms with Gasteiger partial charge in [-0.15, -0.1) is 0 Å². The summed E-state index contributed by atoms with van der Waals surface area (Å²) in [7, 11) is -3.68. The molecule has 0 saturated heterocycles. The molecule has 4 nitrogen and oxygen atoms in total. The first-order valence-electron chi connectivity index (χ1n) is 7.48. The molecule has 24 heavy (non-hydrogen) atoms. The van der Waals surface area contributed by atoms with E-state index in [1.165, 1.54) is 17.7 Å². The molecular weight excluding hydrogens is 322 g/mol. The molecule has 0 spiro atoms. The lowest BCUT2D eigenvalue weighted by Crippen LogP contribution is -2.12. The molecule has 0 heterocycles. The summed E-state index contributed by atoms with van der Waals surface area (Å²) in [5, 5.41) is 9.42. The number of nitrogens with one attached hydrogen (secondary N) is 1. The number of hydrogen-bond acceptors (Lipinski definition) is 3. The maximum Gasteiger partial charge on any atom is 0.261 e. The Labute approximate surface area is 141 Å². The lowest BCUT2D eigenvalue weighted by Gasteiger charge is -2.09. The normalized spacial score (nSPS) is 11.2. The second-order valence-corrected chi connectivity index (χ2v) is 7.14. The minimum absolute atomic E-state index is 0.00779. The summed E-state index contributed by atoms with van der Waals surface area (Å²) >= 11 is 0. The van der Waals surface area contributed by atoms with Crippen LogP contribution in [-0.2, 0) is 16.4 Å². The van der Waals surface area contributed by atoms with Crippen LogP contribution in [0.5, 0.6) is 5.75 Å². The predicted octanol–water partition coefficient (Wildman–Crippen LogP) is 3.78. The zero-order chi connectivity index (χ0) is 17.0. The summed E-state index contributed by atoms with van der Waals surface area (Å²) in [4.78, 5) is 0.183. The van der Waals surface area contributed by atoms with Crippen molar-refractivity contribution in [2.75, 3.05) is 4.72 Å². The maximum atomic E-state index is 12.4. The Morgan fingerprint density at radius 1 is 0.792 bits per heavy atom. The molecule has 0 radical (unpaired) electrons.